The lowest BCUT2D eigenvalue weighted by Crippen LogP contribution is -2.61. The predicted octanol–water partition coefficient (Wildman–Crippen LogP) is 7.70. The first-order chi connectivity index (χ1) is 15.7. The molecule has 0 N–H and O–H groups in total. The molecule has 34 heavy (non-hydrogen) atoms. The molecule has 1 aromatic carbocycles. The molecule has 182 valence electrons. The van der Waals surface area contributed by atoms with Crippen molar-refractivity contribution in [1.29, 1.82) is 5.26 Å². The number of benzene rings is 1. The summed E-state index contributed by atoms with van der Waals surface area (Å²) in [4.78, 5) is 10.8. The first-order valence-electron chi connectivity index (χ1n) is 12.0. The Morgan fingerprint density at radius 1 is 1.18 bits per heavy atom. The number of rotatable bonds is 7. The second kappa shape index (κ2) is 8.94. The molecular weight excluding hydrogens is 440 g/mol. The van der Waals surface area contributed by atoms with E-state index in [1.165, 1.54) is 11.1 Å². The Balaban J connectivity index is 1.92. The number of nitrogens with zero attached hydrogens (tertiary/aromatic N) is 2. The fraction of sp³-hybridized carbons (Fsp3) is 0.536. The maximum atomic E-state index is 11.2. The predicted molar refractivity (Wildman–Crippen MR) is 140 cm³/mol. The highest BCUT2D eigenvalue weighted by Gasteiger charge is 2.69. The smallest absolute Gasteiger partial charge is 0.269 e. The monoisotopic (exact) mass is 478 g/mol. The summed E-state index contributed by atoms with van der Waals surface area (Å²) in [7, 11) is -1.83. The van der Waals surface area contributed by atoms with E-state index in [1.54, 1.807) is 12.1 Å². The third kappa shape index (κ3) is 4.32. The van der Waals surface area contributed by atoms with Gasteiger partial charge in [0.05, 0.1) is 23.0 Å². The Labute approximate surface area is 205 Å². The Kier molecular flexibility index (Phi) is 6.87. The molecule has 0 spiro atoms. The van der Waals surface area contributed by atoms with Crippen LogP contribution in [0.5, 0.6) is 0 Å². The standard InChI is InChI=1S/C28H38N2O3Si/c1-20-17-21(2)24-27(6,18-20)25(22-11-13-23(14-12-22)30(31)32)28(24,19-29)15-9-10-16-33-34(7,8)26(3,4)5/h9-14,17-18,24-25H,15-16H2,1-8H3/b10-9+/t24-,25+,27+,28-/m0/s1. The topological polar surface area (TPSA) is 76.2 Å². The Morgan fingerprint density at radius 2 is 1.79 bits per heavy atom. The first kappa shape index (κ1) is 26.1. The van der Waals surface area contributed by atoms with Gasteiger partial charge in [-0.05, 0) is 44.0 Å². The SMILES string of the molecule is CC1=C[C@@]2(C)[C@@H](c3ccc([N+](=O)[O-])cc3)[C@](C#N)(C/C=C/CO[Si](C)(C)C(C)(C)C)[C@H]2C(C)=C1. The molecule has 0 radical (unpaired) electrons. The Bertz CT molecular complexity index is 1090. The summed E-state index contributed by atoms with van der Waals surface area (Å²) < 4.78 is 6.29. The average molecular weight is 479 g/mol. The van der Waals surface area contributed by atoms with Gasteiger partial charge in [-0.1, -0.05) is 75.3 Å². The highest BCUT2D eigenvalue weighted by Crippen LogP contribution is 2.73. The van der Waals surface area contributed by atoms with Crippen LogP contribution in [0.3, 0.4) is 0 Å². The zero-order chi connectivity index (χ0) is 25.5. The molecule has 0 aromatic heterocycles. The van der Waals surface area contributed by atoms with E-state index in [2.05, 4.69) is 85.0 Å². The summed E-state index contributed by atoms with van der Waals surface area (Å²) in [5.41, 5.74) is 2.66. The molecule has 1 aromatic rings. The number of non-ortho nitro benzene ring substituents is 1. The zero-order valence-electron chi connectivity index (χ0n) is 21.8. The molecule has 5 nitrogen and oxygen atoms in total. The van der Waals surface area contributed by atoms with Crippen LogP contribution in [0, 0.1) is 38.2 Å². The van der Waals surface area contributed by atoms with Gasteiger partial charge in [-0.15, -0.1) is 0 Å². The number of nitro benzene ring substituents is 1. The minimum absolute atomic E-state index is 0.0552. The van der Waals surface area contributed by atoms with E-state index in [4.69, 9.17) is 4.43 Å². The molecule has 0 unspecified atom stereocenters. The van der Waals surface area contributed by atoms with Crippen molar-refractivity contribution in [3.63, 3.8) is 0 Å². The summed E-state index contributed by atoms with van der Waals surface area (Å²) in [6.45, 7) is 18.2. The molecule has 1 fully saturated rings. The number of fused-ring (bicyclic) bond motifs is 1. The summed E-state index contributed by atoms with van der Waals surface area (Å²) in [5.74, 6) is 0.0419. The third-order valence-corrected chi connectivity index (χ3v) is 12.8. The summed E-state index contributed by atoms with van der Waals surface area (Å²) in [6, 6.07) is 9.49. The van der Waals surface area contributed by atoms with E-state index in [9.17, 15) is 15.4 Å². The molecule has 0 amide bonds. The van der Waals surface area contributed by atoms with Crippen LogP contribution >= 0.6 is 0 Å². The molecule has 0 heterocycles. The van der Waals surface area contributed by atoms with Gasteiger partial charge in [0.15, 0.2) is 8.32 Å². The van der Waals surface area contributed by atoms with Gasteiger partial charge >= 0.3 is 0 Å². The van der Waals surface area contributed by atoms with E-state index in [-0.39, 0.29) is 32.9 Å². The molecule has 0 saturated heterocycles. The Hall–Kier alpha value is -2.49. The minimum atomic E-state index is -1.83. The van der Waals surface area contributed by atoms with Gasteiger partial charge in [-0.2, -0.15) is 5.26 Å². The lowest BCUT2D eigenvalue weighted by molar-refractivity contribution is -0.384. The summed E-state index contributed by atoms with van der Waals surface area (Å²) in [6.07, 6.45) is 9.26. The molecule has 0 aliphatic heterocycles. The largest absolute Gasteiger partial charge is 0.413 e. The van der Waals surface area contributed by atoms with Crippen molar-refractivity contribution in [3.8, 4) is 6.07 Å². The van der Waals surface area contributed by atoms with Crippen LogP contribution in [-0.2, 0) is 4.43 Å². The van der Waals surface area contributed by atoms with Crippen molar-refractivity contribution < 1.29 is 9.35 Å². The van der Waals surface area contributed by atoms with Crippen LogP contribution in [0.4, 0.5) is 5.69 Å². The highest BCUT2D eigenvalue weighted by atomic mass is 28.4. The van der Waals surface area contributed by atoms with Gasteiger partial charge in [-0.25, -0.2) is 0 Å². The molecular formula is C28H38N2O3Si. The van der Waals surface area contributed by atoms with E-state index in [0.717, 1.165) is 5.56 Å². The summed E-state index contributed by atoms with van der Waals surface area (Å²) >= 11 is 0. The lowest BCUT2D eigenvalue weighted by atomic mass is 9.35. The van der Waals surface area contributed by atoms with Gasteiger partial charge in [0.2, 0.25) is 0 Å². The second-order valence-electron chi connectivity index (χ2n) is 11.8. The fourth-order valence-electron chi connectivity index (χ4n) is 6.06. The van der Waals surface area contributed by atoms with Crippen molar-refractivity contribution in [2.75, 3.05) is 6.61 Å². The molecule has 1 saturated carbocycles. The Morgan fingerprint density at radius 3 is 2.32 bits per heavy atom. The van der Waals surface area contributed by atoms with Crippen molar-refractivity contribution >= 4 is 14.0 Å². The van der Waals surface area contributed by atoms with Crippen LogP contribution in [0.25, 0.3) is 0 Å². The quantitative estimate of drug-likeness (QED) is 0.174. The molecule has 4 atom stereocenters. The molecule has 6 heteroatoms. The van der Waals surface area contributed by atoms with Crippen LogP contribution in [-0.4, -0.2) is 19.8 Å². The summed E-state index contributed by atoms with van der Waals surface area (Å²) in [5, 5.41) is 21.9. The number of nitriles is 1. The van der Waals surface area contributed by atoms with Crippen molar-refractivity contribution in [2.45, 2.75) is 72.0 Å². The molecule has 3 rings (SSSR count). The van der Waals surface area contributed by atoms with Crippen LogP contribution < -0.4 is 0 Å². The molecule has 2 aliphatic carbocycles. The van der Waals surface area contributed by atoms with E-state index >= 15 is 0 Å². The highest BCUT2D eigenvalue weighted by molar-refractivity contribution is 6.74. The number of nitro groups is 1. The van der Waals surface area contributed by atoms with Gasteiger partial charge < -0.3 is 4.43 Å². The lowest BCUT2D eigenvalue weighted by Gasteiger charge is -2.65. The van der Waals surface area contributed by atoms with Gasteiger partial charge in [-0.3, -0.25) is 10.1 Å². The van der Waals surface area contributed by atoms with Crippen LogP contribution in [0.1, 0.15) is 59.4 Å². The maximum absolute atomic E-state index is 11.2. The number of hydrogen-bond acceptors (Lipinski definition) is 4. The first-order valence-corrected chi connectivity index (χ1v) is 14.9. The zero-order valence-corrected chi connectivity index (χ0v) is 22.8. The van der Waals surface area contributed by atoms with Crippen molar-refractivity contribution in [3.05, 3.63) is 75.4 Å². The van der Waals surface area contributed by atoms with Gasteiger partial charge in [0, 0.05) is 29.4 Å². The fourth-order valence-corrected chi connectivity index (χ4v) is 7.01. The molecule has 0 bridgehead atoms. The normalized spacial score (nSPS) is 29.0. The van der Waals surface area contributed by atoms with Gasteiger partial charge in [0.1, 0.15) is 0 Å². The van der Waals surface area contributed by atoms with Crippen molar-refractivity contribution in [2.24, 2.45) is 16.7 Å². The van der Waals surface area contributed by atoms with E-state index in [1.807, 2.05) is 12.1 Å². The second-order valence-corrected chi connectivity index (χ2v) is 16.6. The number of hydrogen-bond donors (Lipinski definition) is 0. The van der Waals surface area contributed by atoms with Crippen LogP contribution in [0.2, 0.25) is 18.1 Å². The average Bonchev–Trinajstić information content (AvgIpc) is 2.70. The van der Waals surface area contributed by atoms with E-state index in [0.29, 0.717) is 13.0 Å². The minimum Gasteiger partial charge on any atom is -0.413 e. The van der Waals surface area contributed by atoms with E-state index < -0.39 is 13.7 Å². The van der Waals surface area contributed by atoms with Crippen molar-refractivity contribution in [1.82, 2.24) is 0 Å². The molecule has 2 aliphatic rings. The third-order valence-electron chi connectivity index (χ3n) is 8.34. The maximum Gasteiger partial charge on any atom is 0.269 e. The van der Waals surface area contributed by atoms with Crippen LogP contribution in [0.15, 0.2) is 59.7 Å². The number of allylic oxidation sites excluding steroid dienone is 5. The van der Waals surface area contributed by atoms with Gasteiger partial charge in [0.25, 0.3) is 5.69 Å².